The Hall–Kier alpha value is -3.99. The number of ketones is 1. The number of aryl methyl sites for hydroxylation is 3. The molecule has 4 rings (SSSR count). The van der Waals surface area contributed by atoms with Gasteiger partial charge in [-0.15, -0.1) is 0 Å². The summed E-state index contributed by atoms with van der Waals surface area (Å²) in [7, 11) is 0. The minimum Gasteiger partial charge on any atom is -0.507 e. The van der Waals surface area contributed by atoms with Crippen LogP contribution in [0.25, 0.3) is 27.8 Å². The van der Waals surface area contributed by atoms with E-state index in [0.29, 0.717) is 39.6 Å². The highest BCUT2D eigenvalue weighted by molar-refractivity contribution is 6.15. The molecule has 0 fully saturated rings. The molecule has 166 valence electrons. The van der Waals surface area contributed by atoms with Gasteiger partial charge in [0, 0.05) is 46.1 Å². The maximum atomic E-state index is 12.9. The van der Waals surface area contributed by atoms with Crippen LogP contribution in [0.1, 0.15) is 45.1 Å². The summed E-state index contributed by atoms with van der Waals surface area (Å²) >= 11 is 0. The molecule has 0 bridgehead atoms. The third kappa shape index (κ3) is 4.22. The van der Waals surface area contributed by atoms with Crippen molar-refractivity contribution >= 4 is 39.8 Å². The first-order valence-corrected chi connectivity index (χ1v) is 10.8. The molecule has 0 aliphatic carbocycles. The van der Waals surface area contributed by atoms with Gasteiger partial charge in [0.05, 0.1) is 0 Å². The maximum absolute atomic E-state index is 12.9. The molecule has 4 aromatic rings. The number of aliphatic imine (C=N–C) groups is 1. The first-order valence-electron chi connectivity index (χ1n) is 10.8. The summed E-state index contributed by atoms with van der Waals surface area (Å²) in [6.45, 7) is 8.21. The highest BCUT2D eigenvalue weighted by Crippen LogP contribution is 2.37. The van der Waals surface area contributed by atoms with Gasteiger partial charge in [-0.05, 0) is 62.6 Å². The van der Waals surface area contributed by atoms with Gasteiger partial charge in [-0.2, -0.15) is 0 Å². The summed E-state index contributed by atoms with van der Waals surface area (Å²) in [6.07, 6.45) is 4.82. The largest absolute Gasteiger partial charge is 0.507 e. The highest BCUT2D eigenvalue weighted by atomic mass is 16.4. The molecule has 5 heteroatoms. The van der Waals surface area contributed by atoms with Crippen LogP contribution in [0.15, 0.2) is 62.7 Å². The number of allylic oxidation sites excluding steroid dienone is 1. The monoisotopic (exact) mass is 439 g/mol. The molecule has 1 heterocycles. The second kappa shape index (κ2) is 8.87. The zero-order chi connectivity index (χ0) is 23.7. The molecule has 1 N–H and O–H groups in total. The van der Waals surface area contributed by atoms with Gasteiger partial charge in [0.15, 0.2) is 5.78 Å². The van der Waals surface area contributed by atoms with Crippen molar-refractivity contribution in [2.45, 2.75) is 27.7 Å². The fraction of sp³-hybridized carbons (Fsp3) is 0.179. The lowest BCUT2D eigenvalue weighted by Crippen LogP contribution is -2.00. The lowest BCUT2D eigenvalue weighted by Gasteiger charge is -2.12. The Morgan fingerprint density at radius 3 is 2.48 bits per heavy atom. The first kappa shape index (κ1) is 22.2. The Morgan fingerprint density at radius 2 is 1.76 bits per heavy atom. The summed E-state index contributed by atoms with van der Waals surface area (Å²) < 4.78 is 5.58. The van der Waals surface area contributed by atoms with E-state index in [0.717, 1.165) is 22.1 Å². The third-order valence-corrected chi connectivity index (χ3v) is 5.72. The summed E-state index contributed by atoms with van der Waals surface area (Å²) in [4.78, 5) is 29.3. The minimum atomic E-state index is -0.468. The molecule has 3 aromatic carbocycles. The van der Waals surface area contributed by atoms with Crippen LogP contribution in [0.2, 0.25) is 0 Å². The van der Waals surface area contributed by atoms with Gasteiger partial charge in [0.2, 0.25) is 0 Å². The molecule has 5 nitrogen and oxygen atoms in total. The van der Waals surface area contributed by atoms with E-state index in [4.69, 9.17) is 4.42 Å². The molecular weight excluding hydrogens is 414 g/mol. The number of carbonyl (C=O) groups excluding carboxylic acids is 1. The number of rotatable bonds is 5. The quantitative estimate of drug-likeness (QED) is 0.138. The Morgan fingerprint density at radius 1 is 1.00 bits per heavy atom. The predicted molar refractivity (Wildman–Crippen MR) is 134 cm³/mol. The summed E-state index contributed by atoms with van der Waals surface area (Å²) in [5, 5.41) is 12.8. The van der Waals surface area contributed by atoms with E-state index in [1.807, 2.05) is 52.0 Å². The van der Waals surface area contributed by atoms with E-state index < -0.39 is 5.63 Å². The van der Waals surface area contributed by atoms with Crippen molar-refractivity contribution in [3.63, 3.8) is 0 Å². The van der Waals surface area contributed by atoms with E-state index in [2.05, 4.69) is 4.99 Å². The molecule has 0 amide bonds. The van der Waals surface area contributed by atoms with E-state index in [1.165, 1.54) is 12.1 Å². The smallest absolute Gasteiger partial charge is 0.336 e. The first-order chi connectivity index (χ1) is 15.8. The number of hydrogen-bond donors (Lipinski definition) is 1. The van der Waals surface area contributed by atoms with Crippen LogP contribution in [0.3, 0.4) is 0 Å². The average molecular weight is 440 g/mol. The highest BCUT2D eigenvalue weighted by Gasteiger charge is 2.16. The summed E-state index contributed by atoms with van der Waals surface area (Å²) in [5.74, 6) is -0.0820. The molecule has 0 unspecified atom stereocenters. The zero-order valence-corrected chi connectivity index (χ0v) is 19.1. The lowest BCUT2D eigenvalue weighted by molar-refractivity contribution is 0.104. The van der Waals surface area contributed by atoms with Gasteiger partial charge in [-0.1, -0.05) is 35.9 Å². The SMILES string of the molecule is CCN=Cc1cc(/C=C/C(=O)c2ccc(C)cc2C)c2c(ccc3c(C)cc(=O)oc32)c1O. The molecule has 0 aliphatic rings. The van der Waals surface area contributed by atoms with Crippen LogP contribution in [0.5, 0.6) is 5.75 Å². The third-order valence-electron chi connectivity index (χ3n) is 5.72. The van der Waals surface area contributed by atoms with Gasteiger partial charge in [0.25, 0.3) is 0 Å². The van der Waals surface area contributed by atoms with Crippen molar-refractivity contribution in [3.05, 3.63) is 92.3 Å². The lowest BCUT2D eigenvalue weighted by atomic mass is 9.95. The zero-order valence-electron chi connectivity index (χ0n) is 19.1. The molecular formula is C28H25NO4. The van der Waals surface area contributed by atoms with E-state index in [-0.39, 0.29) is 11.5 Å². The van der Waals surface area contributed by atoms with Crippen molar-refractivity contribution in [2.75, 3.05) is 6.54 Å². The molecule has 0 radical (unpaired) electrons. The van der Waals surface area contributed by atoms with Crippen molar-refractivity contribution in [2.24, 2.45) is 4.99 Å². The number of hydrogen-bond acceptors (Lipinski definition) is 5. The van der Waals surface area contributed by atoms with Gasteiger partial charge in [0.1, 0.15) is 11.3 Å². The van der Waals surface area contributed by atoms with Gasteiger partial charge >= 0.3 is 5.63 Å². The van der Waals surface area contributed by atoms with E-state index in [9.17, 15) is 14.7 Å². The van der Waals surface area contributed by atoms with Crippen LogP contribution < -0.4 is 5.63 Å². The van der Waals surface area contributed by atoms with Crippen LogP contribution >= 0.6 is 0 Å². The van der Waals surface area contributed by atoms with E-state index in [1.54, 1.807) is 24.4 Å². The summed E-state index contributed by atoms with van der Waals surface area (Å²) in [5.41, 5.74) is 4.49. The fourth-order valence-electron chi connectivity index (χ4n) is 4.10. The molecule has 0 spiro atoms. The number of nitrogens with zero attached hydrogens (tertiary/aromatic N) is 1. The Balaban J connectivity index is 1.98. The number of aromatic hydroxyl groups is 1. The fourth-order valence-corrected chi connectivity index (χ4v) is 4.10. The number of phenols is 1. The van der Waals surface area contributed by atoms with Crippen LogP contribution in [0, 0.1) is 20.8 Å². The normalized spacial score (nSPS) is 11.9. The number of benzene rings is 3. The van der Waals surface area contributed by atoms with Crippen molar-refractivity contribution < 1.29 is 14.3 Å². The second-order valence-corrected chi connectivity index (χ2v) is 8.16. The maximum Gasteiger partial charge on any atom is 0.336 e. The Labute approximate surface area is 191 Å². The van der Waals surface area contributed by atoms with Crippen LogP contribution in [0.4, 0.5) is 0 Å². The molecule has 1 aromatic heterocycles. The Bertz CT molecular complexity index is 1520. The van der Waals surface area contributed by atoms with Crippen molar-refractivity contribution in [1.82, 2.24) is 0 Å². The van der Waals surface area contributed by atoms with Crippen molar-refractivity contribution in [3.8, 4) is 5.75 Å². The topological polar surface area (TPSA) is 79.9 Å². The average Bonchev–Trinajstić information content (AvgIpc) is 2.77. The predicted octanol–water partition coefficient (Wildman–Crippen LogP) is 5.91. The van der Waals surface area contributed by atoms with Gasteiger partial charge in [-0.3, -0.25) is 9.79 Å². The van der Waals surface area contributed by atoms with Crippen molar-refractivity contribution in [1.29, 1.82) is 0 Å². The minimum absolute atomic E-state index is 0.0473. The van der Waals surface area contributed by atoms with E-state index >= 15 is 0 Å². The molecule has 0 aliphatic heterocycles. The summed E-state index contributed by atoms with van der Waals surface area (Å²) in [6, 6.07) is 12.5. The van der Waals surface area contributed by atoms with Gasteiger partial charge < -0.3 is 9.52 Å². The Kier molecular flexibility index (Phi) is 5.97. The molecule has 0 saturated carbocycles. The van der Waals surface area contributed by atoms with Gasteiger partial charge in [-0.25, -0.2) is 4.79 Å². The number of fused-ring (bicyclic) bond motifs is 3. The molecule has 33 heavy (non-hydrogen) atoms. The van der Waals surface area contributed by atoms with Crippen LogP contribution in [-0.2, 0) is 0 Å². The second-order valence-electron chi connectivity index (χ2n) is 8.16. The standard InChI is InChI=1S/C28H25NO4/c1-5-29-15-20-14-19(7-11-24(30)21-8-6-16(2)12-17(21)3)26-23(27(20)32)10-9-22-18(4)13-25(31)33-28(22)26/h6-15,32H,5H2,1-4H3/b11-7+,29-15?. The number of carbonyl (C=O) groups is 1. The molecule has 0 saturated heterocycles. The molecule has 0 atom stereocenters. The van der Waals surface area contributed by atoms with Crippen LogP contribution in [-0.4, -0.2) is 23.6 Å². The number of phenolic OH excluding ortho intramolecular Hbond substituents is 1.